The van der Waals surface area contributed by atoms with Crippen LogP contribution in [0.4, 0.5) is 15.8 Å². The van der Waals surface area contributed by atoms with Gasteiger partial charge in [0.1, 0.15) is 5.82 Å². The lowest BCUT2D eigenvalue weighted by Gasteiger charge is -2.13. The molecule has 0 aromatic heterocycles. The second-order valence-corrected chi connectivity index (χ2v) is 9.22. The van der Waals surface area contributed by atoms with Crippen LogP contribution in [-0.4, -0.2) is 27.5 Å². The maximum absolute atomic E-state index is 13.9. The van der Waals surface area contributed by atoms with Crippen LogP contribution in [0.1, 0.15) is 24.0 Å². The smallest absolute Gasteiger partial charge is 0.262 e. The number of halogens is 1. The lowest BCUT2D eigenvalue weighted by Crippen LogP contribution is -2.17. The fourth-order valence-electron chi connectivity index (χ4n) is 3.21. The predicted octanol–water partition coefficient (Wildman–Crippen LogP) is 4.91. The fourth-order valence-corrected chi connectivity index (χ4v) is 4.55. The number of sulfonamides is 1. The molecule has 174 valence electrons. The lowest BCUT2D eigenvalue weighted by molar-refractivity contribution is -0.116. The van der Waals surface area contributed by atoms with Crippen molar-refractivity contribution in [2.75, 3.05) is 23.3 Å². The molecule has 0 aliphatic carbocycles. The minimum absolute atomic E-state index is 0.0344. The first-order chi connectivity index (χ1) is 15.8. The normalized spacial score (nSPS) is 11.2. The molecule has 33 heavy (non-hydrogen) atoms. The molecule has 0 aliphatic rings. The highest BCUT2D eigenvalue weighted by Crippen LogP contribution is 2.24. The van der Waals surface area contributed by atoms with E-state index in [0.717, 1.165) is 6.42 Å². The number of hydrogen-bond acceptors (Lipinski definition) is 4. The van der Waals surface area contributed by atoms with Gasteiger partial charge in [-0.2, -0.15) is 0 Å². The monoisotopic (exact) mass is 470 g/mol. The number of hydrogen-bond donors (Lipinski definition) is 2. The van der Waals surface area contributed by atoms with Gasteiger partial charge in [0.2, 0.25) is 5.91 Å². The molecule has 8 heteroatoms. The van der Waals surface area contributed by atoms with E-state index in [0.29, 0.717) is 30.9 Å². The van der Waals surface area contributed by atoms with Crippen LogP contribution in [-0.2, 0) is 26.0 Å². The van der Waals surface area contributed by atoms with Crippen molar-refractivity contribution >= 4 is 27.3 Å². The van der Waals surface area contributed by atoms with E-state index in [-0.39, 0.29) is 22.9 Å². The molecule has 3 aromatic rings. The van der Waals surface area contributed by atoms with E-state index in [4.69, 9.17) is 4.74 Å². The second kappa shape index (κ2) is 11.6. The fraction of sp³-hybridized carbons (Fsp3) is 0.240. The first-order valence-electron chi connectivity index (χ1n) is 10.6. The van der Waals surface area contributed by atoms with Gasteiger partial charge in [-0.25, -0.2) is 12.8 Å². The zero-order valence-electron chi connectivity index (χ0n) is 18.4. The molecular formula is C25H27FN2O4S. The molecule has 1 amide bonds. The van der Waals surface area contributed by atoms with Crippen molar-refractivity contribution < 1.29 is 22.3 Å². The molecule has 6 nitrogen and oxygen atoms in total. The van der Waals surface area contributed by atoms with Gasteiger partial charge in [-0.1, -0.05) is 48.5 Å². The topological polar surface area (TPSA) is 84.5 Å². The van der Waals surface area contributed by atoms with E-state index in [1.54, 1.807) is 19.1 Å². The largest absolute Gasteiger partial charge is 0.381 e. The van der Waals surface area contributed by atoms with E-state index in [2.05, 4.69) is 10.0 Å². The average Bonchev–Trinajstić information content (AvgIpc) is 2.79. The van der Waals surface area contributed by atoms with Crippen LogP contribution in [0.2, 0.25) is 0 Å². The van der Waals surface area contributed by atoms with Gasteiger partial charge in [0.25, 0.3) is 10.0 Å². The second-order valence-electron chi connectivity index (χ2n) is 7.57. The number of carbonyl (C=O) groups excluding carboxylic acids is 1. The Balaban J connectivity index is 1.50. The number of rotatable bonds is 11. The Hall–Kier alpha value is -3.23. The van der Waals surface area contributed by atoms with Crippen molar-refractivity contribution in [3.63, 3.8) is 0 Å². The Morgan fingerprint density at radius 3 is 2.45 bits per heavy atom. The molecule has 0 aliphatic heterocycles. The average molecular weight is 471 g/mol. The van der Waals surface area contributed by atoms with E-state index in [1.807, 2.05) is 30.3 Å². The van der Waals surface area contributed by atoms with Crippen molar-refractivity contribution in [3.05, 3.63) is 89.7 Å². The quantitative estimate of drug-likeness (QED) is 0.390. The van der Waals surface area contributed by atoms with Crippen LogP contribution in [0.3, 0.4) is 0 Å². The van der Waals surface area contributed by atoms with Gasteiger partial charge >= 0.3 is 0 Å². The summed E-state index contributed by atoms with van der Waals surface area (Å²) >= 11 is 0. The number of carbonyl (C=O) groups is 1. The zero-order valence-corrected chi connectivity index (χ0v) is 19.2. The van der Waals surface area contributed by atoms with Gasteiger partial charge in [0.15, 0.2) is 0 Å². The van der Waals surface area contributed by atoms with Crippen LogP contribution >= 0.6 is 0 Å². The van der Waals surface area contributed by atoms with Gasteiger partial charge in [-0.3, -0.25) is 9.52 Å². The van der Waals surface area contributed by atoms with Crippen LogP contribution < -0.4 is 10.0 Å². The summed E-state index contributed by atoms with van der Waals surface area (Å²) in [7, 11) is -4.04. The van der Waals surface area contributed by atoms with Crippen molar-refractivity contribution in [1.29, 1.82) is 0 Å². The summed E-state index contributed by atoms with van der Waals surface area (Å²) in [5.41, 5.74) is 1.89. The third-order valence-corrected chi connectivity index (χ3v) is 6.46. The summed E-state index contributed by atoms with van der Waals surface area (Å²) in [4.78, 5) is 12.2. The van der Waals surface area contributed by atoms with Gasteiger partial charge in [0, 0.05) is 18.7 Å². The molecule has 0 bridgehead atoms. The molecule has 0 atom stereocenters. The summed E-state index contributed by atoms with van der Waals surface area (Å²) in [5, 5.41) is 2.71. The highest BCUT2D eigenvalue weighted by atomic mass is 32.2. The molecule has 3 aromatic carbocycles. The first kappa shape index (κ1) is 24.4. The van der Waals surface area contributed by atoms with E-state index < -0.39 is 15.8 Å². The number of ether oxygens (including phenoxy) is 1. The number of anilines is 2. The van der Waals surface area contributed by atoms with Gasteiger partial charge in [-0.05, 0) is 55.2 Å². The Morgan fingerprint density at radius 2 is 1.70 bits per heavy atom. The minimum atomic E-state index is -4.04. The third-order valence-electron chi connectivity index (χ3n) is 4.95. The zero-order chi connectivity index (χ0) is 23.7. The van der Waals surface area contributed by atoms with Crippen LogP contribution in [0.5, 0.6) is 0 Å². The van der Waals surface area contributed by atoms with E-state index in [1.165, 1.54) is 35.9 Å². The standard InChI is InChI=1S/C25H27FN2O4S/c1-19-13-14-21(18-24(19)33(30,31)28-23-11-6-5-10-22(23)26)27-25(29)12-7-16-32-17-15-20-8-3-2-4-9-20/h2-6,8-11,13-14,18,28H,7,12,15-17H2,1H3,(H,27,29). The Bertz CT molecular complexity index is 1180. The maximum atomic E-state index is 13.9. The Kier molecular flexibility index (Phi) is 8.57. The summed E-state index contributed by atoms with van der Waals surface area (Å²) in [5.74, 6) is -0.912. The van der Waals surface area contributed by atoms with Crippen LogP contribution in [0.25, 0.3) is 0 Å². The molecule has 0 saturated heterocycles. The number of nitrogens with one attached hydrogen (secondary N) is 2. The minimum Gasteiger partial charge on any atom is -0.381 e. The summed E-state index contributed by atoms with van der Waals surface area (Å²) in [6.07, 6.45) is 1.61. The SMILES string of the molecule is Cc1ccc(NC(=O)CCCOCCc2ccccc2)cc1S(=O)(=O)Nc1ccccc1F. The van der Waals surface area contributed by atoms with Crippen molar-refractivity contribution in [1.82, 2.24) is 0 Å². The summed E-state index contributed by atoms with van der Waals surface area (Å²) in [6, 6.07) is 20.1. The van der Waals surface area contributed by atoms with Gasteiger partial charge < -0.3 is 10.1 Å². The molecule has 0 spiro atoms. The maximum Gasteiger partial charge on any atom is 0.262 e. The number of aryl methyl sites for hydroxylation is 1. The molecule has 0 fully saturated rings. The molecule has 2 N–H and O–H groups in total. The molecular weight excluding hydrogens is 443 g/mol. The number of amides is 1. The molecule has 0 radical (unpaired) electrons. The van der Waals surface area contributed by atoms with E-state index in [9.17, 15) is 17.6 Å². The molecule has 0 heterocycles. The summed E-state index contributed by atoms with van der Waals surface area (Å²) < 4.78 is 47.3. The highest BCUT2D eigenvalue weighted by Gasteiger charge is 2.19. The molecule has 0 unspecified atom stereocenters. The van der Waals surface area contributed by atoms with E-state index >= 15 is 0 Å². The lowest BCUT2D eigenvalue weighted by atomic mass is 10.2. The third kappa shape index (κ3) is 7.40. The highest BCUT2D eigenvalue weighted by molar-refractivity contribution is 7.92. The first-order valence-corrected chi connectivity index (χ1v) is 12.1. The van der Waals surface area contributed by atoms with Crippen molar-refractivity contribution in [2.45, 2.75) is 31.1 Å². The van der Waals surface area contributed by atoms with Crippen molar-refractivity contribution in [2.24, 2.45) is 0 Å². The van der Waals surface area contributed by atoms with Gasteiger partial charge in [0.05, 0.1) is 17.2 Å². The number of para-hydroxylation sites is 1. The molecule has 0 saturated carbocycles. The van der Waals surface area contributed by atoms with Crippen LogP contribution in [0, 0.1) is 12.7 Å². The van der Waals surface area contributed by atoms with Crippen molar-refractivity contribution in [3.8, 4) is 0 Å². The predicted molar refractivity (Wildman–Crippen MR) is 127 cm³/mol. The van der Waals surface area contributed by atoms with Crippen LogP contribution in [0.15, 0.2) is 77.7 Å². The Labute approximate surface area is 193 Å². The number of benzene rings is 3. The molecule has 3 rings (SSSR count). The van der Waals surface area contributed by atoms with Gasteiger partial charge in [-0.15, -0.1) is 0 Å². The summed E-state index contributed by atoms with van der Waals surface area (Å²) in [6.45, 7) is 2.68. The Morgan fingerprint density at radius 1 is 0.970 bits per heavy atom.